The number of hydrogen-bond donors (Lipinski definition) is 3. The normalized spacial score (nSPS) is 11.0. The lowest BCUT2D eigenvalue weighted by Gasteiger charge is -2.10. The van der Waals surface area contributed by atoms with Crippen molar-refractivity contribution in [2.45, 2.75) is 13.1 Å². The van der Waals surface area contributed by atoms with Crippen LogP contribution in [-0.2, 0) is 11.0 Å². The molecule has 3 aromatic rings. The van der Waals surface area contributed by atoms with Crippen molar-refractivity contribution < 1.29 is 18.0 Å². The first kappa shape index (κ1) is 19.1. The Morgan fingerprint density at radius 1 is 0.893 bits per heavy atom. The Morgan fingerprint density at radius 3 is 2.07 bits per heavy atom. The van der Waals surface area contributed by atoms with E-state index < -0.39 is 11.7 Å². The summed E-state index contributed by atoms with van der Waals surface area (Å²) in [5, 5.41) is 16.1. The smallest absolute Gasteiger partial charge is 0.339 e. The van der Waals surface area contributed by atoms with E-state index in [0.29, 0.717) is 22.9 Å². The molecule has 0 aliphatic carbocycles. The molecule has 7 nitrogen and oxygen atoms in total. The van der Waals surface area contributed by atoms with Crippen LogP contribution in [0.5, 0.6) is 0 Å². The summed E-state index contributed by atoms with van der Waals surface area (Å²) >= 11 is 0. The number of amides is 1. The summed E-state index contributed by atoms with van der Waals surface area (Å²) < 4.78 is 37.8. The highest BCUT2D eigenvalue weighted by atomic mass is 19.4. The SMILES string of the molecule is CC(=O)Nc1ccc(Nc2cnnc(Nc3ccc(C(F)(F)F)cc3)n2)cc1. The maximum atomic E-state index is 12.6. The van der Waals surface area contributed by atoms with Crippen LogP contribution in [0.15, 0.2) is 54.7 Å². The second kappa shape index (κ2) is 7.91. The average molecular weight is 388 g/mol. The third-order valence-corrected chi connectivity index (χ3v) is 3.50. The zero-order valence-corrected chi connectivity index (χ0v) is 14.6. The molecule has 3 N–H and O–H groups in total. The molecule has 0 fully saturated rings. The molecule has 3 rings (SSSR count). The standard InChI is InChI=1S/C18H15F3N6O/c1-11(28)23-13-6-8-14(9-7-13)24-16-10-22-27-17(26-16)25-15-4-2-12(3-5-15)18(19,20)21/h2-10H,1H3,(H,23,28)(H2,24,25,26,27). The Labute approximate surface area is 158 Å². The van der Waals surface area contributed by atoms with Gasteiger partial charge in [-0.2, -0.15) is 23.3 Å². The van der Waals surface area contributed by atoms with E-state index in [1.165, 1.54) is 25.3 Å². The lowest BCUT2D eigenvalue weighted by atomic mass is 10.2. The van der Waals surface area contributed by atoms with Crippen molar-refractivity contribution in [3.63, 3.8) is 0 Å². The molecule has 0 spiro atoms. The fourth-order valence-corrected chi connectivity index (χ4v) is 2.28. The molecule has 2 aromatic carbocycles. The molecule has 0 bridgehead atoms. The van der Waals surface area contributed by atoms with Gasteiger partial charge in [-0.3, -0.25) is 4.79 Å². The molecule has 0 saturated carbocycles. The van der Waals surface area contributed by atoms with E-state index in [0.717, 1.165) is 12.1 Å². The van der Waals surface area contributed by atoms with Crippen molar-refractivity contribution in [1.82, 2.24) is 15.2 Å². The van der Waals surface area contributed by atoms with Gasteiger partial charge in [0.15, 0.2) is 5.82 Å². The molecular weight excluding hydrogens is 373 g/mol. The lowest BCUT2D eigenvalue weighted by molar-refractivity contribution is -0.137. The van der Waals surface area contributed by atoms with Crippen LogP contribution in [0, 0.1) is 0 Å². The maximum absolute atomic E-state index is 12.6. The van der Waals surface area contributed by atoms with Crippen LogP contribution < -0.4 is 16.0 Å². The van der Waals surface area contributed by atoms with Gasteiger partial charge >= 0.3 is 6.18 Å². The lowest BCUT2D eigenvalue weighted by Crippen LogP contribution is -2.06. The molecule has 28 heavy (non-hydrogen) atoms. The van der Waals surface area contributed by atoms with Gasteiger partial charge in [-0.15, -0.1) is 5.10 Å². The molecule has 1 aromatic heterocycles. The van der Waals surface area contributed by atoms with Gasteiger partial charge in [0.25, 0.3) is 0 Å². The Morgan fingerprint density at radius 2 is 1.46 bits per heavy atom. The third-order valence-electron chi connectivity index (χ3n) is 3.50. The quantitative estimate of drug-likeness (QED) is 0.602. The Hall–Kier alpha value is -3.69. The number of benzene rings is 2. The van der Waals surface area contributed by atoms with Crippen molar-refractivity contribution in [2.24, 2.45) is 0 Å². The van der Waals surface area contributed by atoms with Crippen LogP contribution in [0.3, 0.4) is 0 Å². The molecule has 0 unspecified atom stereocenters. The average Bonchev–Trinajstić information content (AvgIpc) is 2.63. The van der Waals surface area contributed by atoms with Gasteiger partial charge in [0.1, 0.15) is 0 Å². The maximum Gasteiger partial charge on any atom is 0.416 e. The summed E-state index contributed by atoms with van der Waals surface area (Å²) in [7, 11) is 0. The molecular formula is C18H15F3N6O. The minimum absolute atomic E-state index is 0.125. The fourth-order valence-electron chi connectivity index (χ4n) is 2.28. The number of nitrogens with zero attached hydrogens (tertiary/aromatic N) is 3. The van der Waals surface area contributed by atoms with E-state index in [1.807, 2.05) is 0 Å². The number of carbonyl (C=O) groups is 1. The fraction of sp³-hybridized carbons (Fsp3) is 0.111. The van der Waals surface area contributed by atoms with Crippen molar-refractivity contribution >= 4 is 34.7 Å². The van der Waals surface area contributed by atoms with Gasteiger partial charge in [0.2, 0.25) is 11.9 Å². The number of anilines is 5. The van der Waals surface area contributed by atoms with E-state index in [2.05, 4.69) is 31.1 Å². The van der Waals surface area contributed by atoms with Gasteiger partial charge in [0, 0.05) is 24.0 Å². The van der Waals surface area contributed by atoms with E-state index in [1.54, 1.807) is 24.3 Å². The summed E-state index contributed by atoms with van der Waals surface area (Å²) in [6.07, 6.45) is -2.99. The van der Waals surface area contributed by atoms with Crippen molar-refractivity contribution in [1.29, 1.82) is 0 Å². The summed E-state index contributed by atoms with van der Waals surface area (Å²) in [5.74, 6) is 0.344. The van der Waals surface area contributed by atoms with Gasteiger partial charge in [-0.25, -0.2) is 0 Å². The Bertz CT molecular complexity index is 958. The summed E-state index contributed by atoms with van der Waals surface area (Å²) in [6.45, 7) is 1.42. The summed E-state index contributed by atoms with van der Waals surface area (Å²) in [5.41, 5.74) is 1.01. The minimum Gasteiger partial charge on any atom is -0.339 e. The number of hydrogen-bond acceptors (Lipinski definition) is 6. The minimum atomic E-state index is -4.39. The van der Waals surface area contributed by atoms with Crippen molar-refractivity contribution in [3.8, 4) is 0 Å². The highest BCUT2D eigenvalue weighted by molar-refractivity contribution is 5.88. The van der Waals surface area contributed by atoms with Crippen molar-refractivity contribution in [3.05, 3.63) is 60.3 Å². The number of carbonyl (C=O) groups excluding carboxylic acids is 1. The largest absolute Gasteiger partial charge is 0.416 e. The van der Waals surface area contributed by atoms with Gasteiger partial charge in [-0.1, -0.05) is 0 Å². The molecule has 0 radical (unpaired) electrons. The van der Waals surface area contributed by atoms with E-state index >= 15 is 0 Å². The molecule has 1 amide bonds. The van der Waals surface area contributed by atoms with Gasteiger partial charge in [-0.05, 0) is 48.5 Å². The van der Waals surface area contributed by atoms with Crippen molar-refractivity contribution in [2.75, 3.05) is 16.0 Å². The number of halogens is 3. The van der Waals surface area contributed by atoms with Gasteiger partial charge < -0.3 is 16.0 Å². The summed E-state index contributed by atoms with van der Waals surface area (Å²) in [6, 6.07) is 11.4. The first-order valence-electron chi connectivity index (χ1n) is 8.08. The second-order valence-electron chi connectivity index (χ2n) is 5.75. The number of alkyl halides is 3. The van der Waals surface area contributed by atoms with Crippen LogP contribution in [0.2, 0.25) is 0 Å². The topological polar surface area (TPSA) is 91.8 Å². The first-order valence-corrected chi connectivity index (χ1v) is 8.08. The predicted octanol–water partition coefficient (Wildman–Crippen LogP) is 4.34. The number of aromatic nitrogens is 3. The first-order chi connectivity index (χ1) is 13.3. The summed E-state index contributed by atoms with van der Waals surface area (Å²) in [4.78, 5) is 15.2. The van der Waals surface area contributed by atoms with Crippen LogP contribution in [0.4, 0.5) is 42.0 Å². The molecule has 0 atom stereocenters. The van der Waals surface area contributed by atoms with E-state index in [4.69, 9.17) is 0 Å². The van der Waals surface area contributed by atoms with Crippen LogP contribution in [-0.4, -0.2) is 21.1 Å². The second-order valence-corrected chi connectivity index (χ2v) is 5.75. The van der Waals surface area contributed by atoms with E-state index in [-0.39, 0.29) is 11.9 Å². The highest BCUT2D eigenvalue weighted by Gasteiger charge is 2.29. The zero-order valence-electron chi connectivity index (χ0n) is 14.6. The highest BCUT2D eigenvalue weighted by Crippen LogP contribution is 2.30. The van der Waals surface area contributed by atoms with Crippen LogP contribution in [0.25, 0.3) is 0 Å². The Kier molecular flexibility index (Phi) is 5.39. The number of nitrogens with one attached hydrogen (secondary N) is 3. The molecule has 0 aliphatic rings. The molecule has 0 aliphatic heterocycles. The van der Waals surface area contributed by atoms with Crippen LogP contribution >= 0.6 is 0 Å². The van der Waals surface area contributed by atoms with Crippen LogP contribution in [0.1, 0.15) is 12.5 Å². The third kappa shape index (κ3) is 5.16. The molecule has 144 valence electrons. The zero-order chi connectivity index (χ0) is 20.1. The van der Waals surface area contributed by atoms with E-state index in [9.17, 15) is 18.0 Å². The number of rotatable bonds is 5. The predicted molar refractivity (Wildman–Crippen MR) is 98.6 cm³/mol. The monoisotopic (exact) mass is 388 g/mol. The Balaban J connectivity index is 1.67. The van der Waals surface area contributed by atoms with Gasteiger partial charge in [0.05, 0.1) is 11.8 Å². The molecule has 0 saturated heterocycles. The molecule has 1 heterocycles. The molecule has 10 heteroatoms.